The van der Waals surface area contributed by atoms with Crippen molar-refractivity contribution < 1.29 is 17.9 Å². The molecule has 118 valence electrons. The Hall–Kier alpha value is -1.15. The molecule has 6 nitrogen and oxygen atoms in total. The predicted octanol–water partition coefficient (Wildman–Crippen LogP) is 0.986. The highest BCUT2D eigenvalue weighted by atomic mass is 32.2. The first-order chi connectivity index (χ1) is 10.1. The third-order valence-corrected chi connectivity index (χ3v) is 4.76. The van der Waals surface area contributed by atoms with Gasteiger partial charge in [0.2, 0.25) is 10.0 Å². The number of aryl methyl sites for hydroxylation is 1. The van der Waals surface area contributed by atoms with E-state index in [0.29, 0.717) is 19.8 Å². The van der Waals surface area contributed by atoms with Gasteiger partial charge in [-0.25, -0.2) is 13.1 Å². The van der Waals surface area contributed by atoms with E-state index in [1.165, 1.54) is 5.56 Å². The minimum Gasteiger partial charge on any atom is -0.385 e. The van der Waals surface area contributed by atoms with Gasteiger partial charge in [-0.3, -0.25) is 0 Å². The molecule has 0 aromatic heterocycles. The summed E-state index contributed by atoms with van der Waals surface area (Å²) in [7, 11) is -1.89. The van der Waals surface area contributed by atoms with Gasteiger partial charge in [-0.2, -0.15) is 0 Å². The highest BCUT2D eigenvalue weighted by Crippen LogP contribution is 2.24. The molecule has 2 N–H and O–H groups in total. The molecule has 7 heteroatoms. The largest absolute Gasteiger partial charge is 0.385 e. The fourth-order valence-corrected chi connectivity index (χ4v) is 3.22. The van der Waals surface area contributed by atoms with E-state index in [4.69, 9.17) is 9.47 Å². The van der Waals surface area contributed by atoms with Crippen LogP contribution in [0.15, 0.2) is 23.1 Å². The summed E-state index contributed by atoms with van der Waals surface area (Å²) in [4.78, 5) is 0.285. The highest BCUT2D eigenvalue weighted by molar-refractivity contribution is 7.89. The van der Waals surface area contributed by atoms with Crippen LogP contribution in [0.2, 0.25) is 0 Å². The van der Waals surface area contributed by atoms with Crippen molar-refractivity contribution >= 4 is 15.7 Å². The molecule has 0 bridgehead atoms. The van der Waals surface area contributed by atoms with Crippen LogP contribution in [-0.4, -0.2) is 48.4 Å². The van der Waals surface area contributed by atoms with Gasteiger partial charge in [0.25, 0.3) is 0 Å². The first-order valence-electron chi connectivity index (χ1n) is 7.06. The van der Waals surface area contributed by atoms with Crippen molar-refractivity contribution in [3.8, 4) is 0 Å². The standard InChI is InChI=1S/C14H22N2O4S/c1-19-9-10-20-8-7-16-21(17,18)13-5-4-12-3-2-6-15-14(12)11-13/h4-5,11,15-16H,2-3,6-10H2,1H3. The molecular formula is C14H22N2O4S. The third kappa shape index (κ3) is 4.67. The predicted molar refractivity (Wildman–Crippen MR) is 81.1 cm³/mol. The van der Waals surface area contributed by atoms with E-state index in [-0.39, 0.29) is 11.4 Å². The molecule has 0 spiro atoms. The number of rotatable bonds is 8. The average molecular weight is 314 g/mol. The molecule has 0 aliphatic carbocycles. The quantitative estimate of drug-likeness (QED) is 0.700. The van der Waals surface area contributed by atoms with E-state index in [1.54, 1.807) is 19.2 Å². The van der Waals surface area contributed by atoms with Crippen LogP contribution in [0.3, 0.4) is 0 Å². The van der Waals surface area contributed by atoms with Gasteiger partial charge in [-0.15, -0.1) is 0 Å². The minimum absolute atomic E-state index is 0.247. The first-order valence-corrected chi connectivity index (χ1v) is 8.55. The molecule has 0 unspecified atom stereocenters. The molecule has 0 saturated heterocycles. The number of methoxy groups -OCH3 is 1. The first kappa shape index (κ1) is 16.2. The number of anilines is 1. The Morgan fingerprint density at radius 1 is 1.29 bits per heavy atom. The fourth-order valence-electron chi connectivity index (χ4n) is 2.18. The molecule has 2 rings (SSSR count). The van der Waals surface area contributed by atoms with Crippen molar-refractivity contribution in [2.75, 3.05) is 45.3 Å². The summed E-state index contributed by atoms with van der Waals surface area (Å²) in [5.74, 6) is 0. The van der Waals surface area contributed by atoms with Crippen LogP contribution in [0.5, 0.6) is 0 Å². The molecule has 0 amide bonds. The second-order valence-electron chi connectivity index (χ2n) is 4.85. The summed E-state index contributed by atoms with van der Waals surface area (Å²) in [6, 6.07) is 5.23. The number of ether oxygens (including phenoxy) is 2. The number of sulfonamides is 1. The maximum Gasteiger partial charge on any atom is 0.240 e. The molecule has 1 aliphatic heterocycles. The van der Waals surface area contributed by atoms with Crippen molar-refractivity contribution in [3.63, 3.8) is 0 Å². The molecule has 0 fully saturated rings. The van der Waals surface area contributed by atoms with E-state index >= 15 is 0 Å². The highest BCUT2D eigenvalue weighted by Gasteiger charge is 2.17. The van der Waals surface area contributed by atoms with Gasteiger partial charge in [-0.1, -0.05) is 6.07 Å². The van der Waals surface area contributed by atoms with Crippen LogP contribution in [-0.2, 0) is 25.9 Å². The zero-order valence-electron chi connectivity index (χ0n) is 12.2. The zero-order valence-corrected chi connectivity index (χ0v) is 13.0. The number of fused-ring (bicyclic) bond motifs is 1. The fraction of sp³-hybridized carbons (Fsp3) is 0.571. The van der Waals surface area contributed by atoms with Gasteiger partial charge in [0.15, 0.2) is 0 Å². The van der Waals surface area contributed by atoms with Crippen LogP contribution in [0.1, 0.15) is 12.0 Å². The lowest BCUT2D eigenvalue weighted by Crippen LogP contribution is -2.28. The van der Waals surface area contributed by atoms with Crippen molar-refractivity contribution in [2.45, 2.75) is 17.7 Å². The topological polar surface area (TPSA) is 76.7 Å². The summed E-state index contributed by atoms with van der Waals surface area (Å²) >= 11 is 0. The van der Waals surface area contributed by atoms with Crippen LogP contribution in [0.4, 0.5) is 5.69 Å². The molecule has 21 heavy (non-hydrogen) atoms. The number of hydrogen-bond donors (Lipinski definition) is 2. The van der Waals surface area contributed by atoms with Crippen molar-refractivity contribution in [1.82, 2.24) is 4.72 Å². The molecule has 0 radical (unpaired) electrons. The van der Waals surface area contributed by atoms with E-state index < -0.39 is 10.0 Å². The lowest BCUT2D eigenvalue weighted by atomic mass is 10.0. The van der Waals surface area contributed by atoms with Crippen LogP contribution in [0.25, 0.3) is 0 Å². The van der Waals surface area contributed by atoms with E-state index in [0.717, 1.165) is 25.1 Å². The molecule has 1 heterocycles. The summed E-state index contributed by atoms with van der Waals surface area (Å²) in [5, 5.41) is 3.23. The van der Waals surface area contributed by atoms with E-state index in [1.807, 2.05) is 6.07 Å². The normalized spacial score (nSPS) is 14.5. The van der Waals surface area contributed by atoms with Gasteiger partial charge < -0.3 is 14.8 Å². The van der Waals surface area contributed by atoms with Crippen molar-refractivity contribution in [2.24, 2.45) is 0 Å². The lowest BCUT2D eigenvalue weighted by molar-refractivity contribution is 0.0736. The Morgan fingerprint density at radius 2 is 2.14 bits per heavy atom. The average Bonchev–Trinajstić information content (AvgIpc) is 2.50. The summed E-state index contributed by atoms with van der Waals surface area (Å²) in [6.45, 7) is 2.42. The Labute approximate surface area is 125 Å². The Bertz CT molecular complexity index is 560. The molecular weight excluding hydrogens is 292 g/mol. The van der Waals surface area contributed by atoms with Gasteiger partial charge in [-0.05, 0) is 30.5 Å². The number of benzene rings is 1. The number of nitrogens with one attached hydrogen (secondary N) is 2. The monoisotopic (exact) mass is 314 g/mol. The third-order valence-electron chi connectivity index (χ3n) is 3.30. The van der Waals surface area contributed by atoms with Gasteiger partial charge in [0.1, 0.15) is 0 Å². The second kappa shape index (κ2) is 7.74. The van der Waals surface area contributed by atoms with Crippen molar-refractivity contribution in [1.29, 1.82) is 0 Å². The summed E-state index contributed by atoms with van der Waals surface area (Å²) in [6.07, 6.45) is 2.07. The van der Waals surface area contributed by atoms with Crippen LogP contribution in [0, 0.1) is 0 Å². The van der Waals surface area contributed by atoms with Gasteiger partial charge in [0, 0.05) is 25.9 Å². The van der Waals surface area contributed by atoms with E-state index in [9.17, 15) is 8.42 Å². The van der Waals surface area contributed by atoms with E-state index in [2.05, 4.69) is 10.0 Å². The van der Waals surface area contributed by atoms with Crippen LogP contribution < -0.4 is 10.0 Å². The molecule has 1 aliphatic rings. The SMILES string of the molecule is COCCOCCNS(=O)(=O)c1ccc2c(c1)NCCC2. The zero-order chi connectivity index (χ0) is 15.1. The van der Waals surface area contributed by atoms with Crippen LogP contribution >= 0.6 is 0 Å². The minimum atomic E-state index is -3.49. The molecule has 1 aromatic rings. The Morgan fingerprint density at radius 3 is 2.95 bits per heavy atom. The molecule has 0 saturated carbocycles. The molecule has 0 atom stereocenters. The lowest BCUT2D eigenvalue weighted by Gasteiger charge is -2.18. The number of hydrogen-bond acceptors (Lipinski definition) is 5. The molecule has 1 aromatic carbocycles. The maximum absolute atomic E-state index is 12.2. The second-order valence-corrected chi connectivity index (χ2v) is 6.62. The maximum atomic E-state index is 12.2. The van der Waals surface area contributed by atoms with Gasteiger partial charge in [0.05, 0.1) is 24.7 Å². The smallest absolute Gasteiger partial charge is 0.240 e. The summed E-state index contributed by atoms with van der Waals surface area (Å²) in [5.41, 5.74) is 2.09. The Kier molecular flexibility index (Phi) is 5.98. The summed E-state index contributed by atoms with van der Waals surface area (Å²) < 4.78 is 37.0. The van der Waals surface area contributed by atoms with Gasteiger partial charge >= 0.3 is 0 Å². The van der Waals surface area contributed by atoms with Crippen molar-refractivity contribution in [3.05, 3.63) is 23.8 Å². The Balaban J connectivity index is 1.90.